The fourth-order valence-corrected chi connectivity index (χ4v) is 2.55. The molecule has 0 aliphatic rings. The third kappa shape index (κ3) is 3.40. The van der Waals surface area contributed by atoms with Crippen LogP contribution in [-0.4, -0.2) is 6.54 Å². The van der Waals surface area contributed by atoms with E-state index in [0.717, 1.165) is 35.2 Å². The van der Waals surface area contributed by atoms with E-state index in [4.69, 9.17) is 0 Å². The molecule has 0 atom stereocenters. The summed E-state index contributed by atoms with van der Waals surface area (Å²) in [6.07, 6.45) is 0. The molecular weight excluding hydrogens is 312 g/mol. The van der Waals surface area contributed by atoms with Crippen LogP contribution in [0.2, 0.25) is 0 Å². The maximum absolute atomic E-state index is 9.36. The van der Waals surface area contributed by atoms with Crippen LogP contribution < -0.4 is 4.90 Å². The van der Waals surface area contributed by atoms with Gasteiger partial charge < -0.3 is 4.90 Å². The van der Waals surface area contributed by atoms with E-state index in [1.807, 2.05) is 30.3 Å². The number of hydrogen-bond donors (Lipinski definition) is 0. The van der Waals surface area contributed by atoms with E-state index in [0.29, 0.717) is 0 Å². The van der Waals surface area contributed by atoms with Gasteiger partial charge in [0, 0.05) is 18.4 Å². The third-order valence-electron chi connectivity index (χ3n) is 3.27. The first kappa shape index (κ1) is 14.6. The van der Waals surface area contributed by atoms with Gasteiger partial charge in [0.05, 0.1) is 11.3 Å². The van der Waals surface area contributed by atoms with Crippen LogP contribution in [0, 0.1) is 11.3 Å². The SMILES string of the molecule is CCN(Cc1ccccc1)c1ccc(CBr)cc1C#N. The van der Waals surface area contributed by atoms with Crippen LogP contribution in [0.15, 0.2) is 48.5 Å². The van der Waals surface area contributed by atoms with Crippen molar-refractivity contribution < 1.29 is 0 Å². The van der Waals surface area contributed by atoms with Crippen LogP contribution in [0.4, 0.5) is 5.69 Å². The van der Waals surface area contributed by atoms with Crippen molar-refractivity contribution in [3.05, 3.63) is 65.2 Å². The summed E-state index contributed by atoms with van der Waals surface area (Å²) in [4.78, 5) is 2.23. The van der Waals surface area contributed by atoms with Crippen molar-refractivity contribution in [3.8, 4) is 6.07 Å². The van der Waals surface area contributed by atoms with E-state index in [9.17, 15) is 5.26 Å². The Labute approximate surface area is 128 Å². The van der Waals surface area contributed by atoms with Crippen LogP contribution in [0.5, 0.6) is 0 Å². The molecule has 0 amide bonds. The highest BCUT2D eigenvalue weighted by molar-refractivity contribution is 9.08. The minimum atomic E-state index is 0.736. The zero-order valence-corrected chi connectivity index (χ0v) is 13.1. The second-order valence-corrected chi connectivity index (χ2v) is 5.16. The smallest absolute Gasteiger partial charge is 0.101 e. The number of hydrogen-bond acceptors (Lipinski definition) is 2. The monoisotopic (exact) mass is 328 g/mol. The highest BCUT2D eigenvalue weighted by atomic mass is 79.9. The first-order chi connectivity index (χ1) is 9.78. The molecule has 0 aliphatic heterocycles. The Kier molecular flexibility index (Phi) is 5.20. The number of anilines is 1. The van der Waals surface area contributed by atoms with Crippen molar-refractivity contribution in [3.63, 3.8) is 0 Å². The van der Waals surface area contributed by atoms with Gasteiger partial charge in [0.1, 0.15) is 6.07 Å². The summed E-state index contributed by atoms with van der Waals surface area (Å²) in [5, 5.41) is 10.1. The molecular formula is C17H17BrN2. The predicted molar refractivity (Wildman–Crippen MR) is 87.0 cm³/mol. The van der Waals surface area contributed by atoms with Crippen molar-refractivity contribution in [2.24, 2.45) is 0 Å². The second-order valence-electron chi connectivity index (χ2n) is 4.60. The first-order valence-electron chi connectivity index (χ1n) is 6.66. The minimum absolute atomic E-state index is 0.736. The molecule has 0 saturated heterocycles. The Morgan fingerprint density at radius 1 is 1.10 bits per heavy atom. The zero-order valence-electron chi connectivity index (χ0n) is 11.5. The number of rotatable bonds is 5. The van der Waals surface area contributed by atoms with Gasteiger partial charge in [-0.25, -0.2) is 0 Å². The van der Waals surface area contributed by atoms with Crippen molar-refractivity contribution in [1.29, 1.82) is 5.26 Å². The number of nitriles is 1. The van der Waals surface area contributed by atoms with E-state index in [-0.39, 0.29) is 0 Å². The largest absolute Gasteiger partial charge is 0.366 e. The van der Waals surface area contributed by atoms with Gasteiger partial charge in [0.2, 0.25) is 0 Å². The van der Waals surface area contributed by atoms with Gasteiger partial charge in [0.15, 0.2) is 0 Å². The lowest BCUT2D eigenvalue weighted by Gasteiger charge is -2.24. The Balaban J connectivity index is 2.30. The van der Waals surface area contributed by atoms with Crippen LogP contribution >= 0.6 is 15.9 Å². The van der Waals surface area contributed by atoms with Crippen LogP contribution in [0.1, 0.15) is 23.6 Å². The van der Waals surface area contributed by atoms with Gasteiger partial charge in [-0.2, -0.15) is 5.26 Å². The Hall–Kier alpha value is -1.79. The summed E-state index contributed by atoms with van der Waals surface area (Å²) in [6.45, 7) is 3.80. The molecule has 0 aromatic heterocycles. The third-order valence-corrected chi connectivity index (χ3v) is 3.92. The molecule has 0 heterocycles. The van der Waals surface area contributed by atoms with Gasteiger partial charge in [0.25, 0.3) is 0 Å². The molecule has 20 heavy (non-hydrogen) atoms. The molecule has 2 nitrogen and oxygen atoms in total. The molecule has 2 aromatic rings. The van der Waals surface area contributed by atoms with Gasteiger partial charge in [-0.1, -0.05) is 52.3 Å². The quantitative estimate of drug-likeness (QED) is 0.756. The summed E-state index contributed by atoms with van der Waals surface area (Å²) >= 11 is 3.43. The number of halogens is 1. The van der Waals surface area contributed by atoms with Gasteiger partial charge in [-0.15, -0.1) is 0 Å². The highest BCUT2D eigenvalue weighted by Gasteiger charge is 2.11. The normalized spacial score (nSPS) is 10.1. The van der Waals surface area contributed by atoms with Gasteiger partial charge >= 0.3 is 0 Å². The molecule has 2 rings (SSSR count). The molecule has 0 N–H and O–H groups in total. The number of nitrogens with zero attached hydrogens (tertiary/aromatic N) is 2. The summed E-state index contributed by atoms with van der Waals surface area (Å²) in [7, 11) is 0. The minimum Gasteiger partial charge on any atom is -0.366 e. The van der Waals surface area contributed by atoms with E-state index in [2.05, 4.69) is 52.0 Å². The maximum Gasteiger partial charge on any atom is 0.101 e. The molecule has 3 heteroatoms. The summed E-state index contributed by atoms with van der Waals surface area (Å²) < 4.78 is 0. The topological polar surface area (TPSA) is 27.0 Å². The predicted octanol–water partition coefficient (Wildman–Crippen LogP) is 4.48. The Morgan fingerprint density at radius 2 is 1.85 bits per heavy atom. The summed E-state index contributed by atoms with van der Waals surface area (Å²) in [5.41, 5.74) is 4.12. The number of benzene rings is 2. The van der Waals surface area contributed by atoms with Gasteiger partial charge in [-0.05, 0) is 30.2 Å². The second kappa shape index (κ2) is 7.12. The van der Waals surface area contributed by atoms with Crippen LogP contribution in [-0.2, 0) is 11.9 Å². The van der Waals surface area contributed by atoms with E-state index >= 15 is 0 Å². The van der Waals surface area contributed by atoms with Crippen LogP contribution in [0.3, 0.4) is 0 Å². The molecule has 2 aromatic carbocycles. The van der Waals surface area contributed by atoms with Crippen molar-refractivity contribution in [1.82, 2.24) is 0 Å². The molecule has 0 spiro atoms. The van der Waals surface area contributed by atoms with Crippen molar-refractivity contribution in [2.45, 2.75) is 18.8 Å². The molecule has 0 saturated carbocycles. The molecule has 0 radical (unpaired) electrons. The maximum atomic E-state index is 9.36. The lowest BCUT2D eigenvalue weighted by atomic mass is 10.1. The standard InChI is InChI=1S/C17H17BrN2/c1-2-20(13-14-6-4-3-5-7-14)17-9-8-15(11-18)10-16(17)12-19/h3-10H,2,11,13H2,1H3. The lowest BCUT2D eigenvalue weighted by molar-refractivity contribution is 0.830. The Morgan fingerprint density at radius 3 is 2.45 bits per heavy atom. The molecule has 0 unspecified atom stereocenters. The first-order valence-corrected chi connectivity index (χ1v) is 7.78. The average molecular weight is 329 g/mol. The molecule has 0 fully saturated rings. The van der Waals surface area contributed by atoms with Crippen molar-refractivity contribution >= 4 is 21.6 Å². The fraction of sp³-hybridized carbons (Fsp3) is 0.235. The summed E-state index contributed by atoms with van der Waals surface area (Å²) in [6, 6.07) is 18.7. The van der Waals surface area contributed by atoms with E-state index in [1.165, 1.54) is 5.56 Å². The molecule has 0 bridgehead atoms. The fourth-order valence-electron chi connectivity index (χ4n) is 2.20. The highest BCUT2D eigenvalue weighted by Crippen LogP contribution is 2.24. The molecule has 0 aliphatic carbocycles. The van der Waals surface area contributed by atoms with Crippen molar-refractivity contribution in [2.75, 3.05) is 11.4 Å². The van der Waals surface area contributed by atoms with E-state index in [1.54, 1.807) is 0 Å². The molecule has 102 valence electrons. The van der Waals surface area contributed by atoms with E-state index < -0.39 is 0 Å². The Bertz CT molecular complexity index is 602. The summed E-state index contributed by atoms with van der Waals surface area (Å²) in [5.74, 6) is 0. The van der Waals surface area contributed by atoms with Gasteiger partial charge in [-0.3, -0.25) is 0 Å². The lowest BCUT2D eigenvalue weighted by Crippen LogP contribution is -2.23. The van der Waals surface area contributed by atoms with Crippen LogP contribution in [0.25, 0.3) is 0 Å². The average Bonchev–Trinajstić information content (AvgIpc) is 2.53. The number of alkyl halides is 1. The zero-order chi connectivity index (χ0) is 14.4.